The molecule has 0 aromatic heterocycles. The molecule has 1 spiro atoms. The first-order chi connectivity index (χ1) is 8.19. The number of carbonyl (C=O) groups is 1. The number of rotatable bonds is 1. The van der Waals surface area contributed by atoms with Gasteiger partial charge >= 0.3 is 0 Å². The van der Waals surface area contributed by atoms with Gasteiger partial charge in [0.2, 0.25) is 5.91 Å². The van der Waals surface area contributed by atoms with Gasteiger partial charge in [0.15, 0.2) is 11.5 Å². The highest BCUT2D eigenvalue weighted by Gasteiger charge is 2.42. The molecule has 0 atom stereocenters. The first-order valence-electron chi connectivity index (χ1n) is 5.71. The van der Waals surface area contributed by atoms with E-state index in [1.807, 2.05) is 0 Å². The van der Waals surface area contributed by atoms with Crippen molar-refractivity contribution in [2.75, 3.05) is 13.1 Å². The van der Waals surface area contributed by atoms with Crippen LogP contribution < -0.4 is 20.5 Å². The Morgan fingerprint density at radius 2 is 1.94 bits per heavy atom. The molecule has 17 heavy (non-hydrogen) atoms. The molecule has 1 aromatic carbocycles. The van der Waals surface area contributed by atoms with Crippen molar-refractivity contribution in [1.82, 2.24) is 5.32 Å². The van der Waals surface area contributed by atoms with E-state index in [4.69, 9.17) is 15.2 Å². The van der Waals surface area contributed by atoms with Gasteiger partial charge in [0.1, 0.15) is 0 Å². The number of nitrogens with one attached hydrogen (secondary N) is 1. The lowest BCUT2D eigenvalue weighted by molar-refractivity contribution is -0.0998. The molecule has 0 aliphatic carbocycles. The fourth-order valence-corrected chi connectivity index (χ4v) is 2.26. The molecule has 5 nitrogen and oxygen atoms in total. The zero-order valence-corrected chi connectivity index (χ0v) is 9.36. The Kier molecular flexibility index (Phi) is 2.22. The lowest BCUT2D eigenvalue weighted by atomic mass is 10.1. The Labute approximate surface area is 98.9 Å². The van der Waals surface area contributed by atoms with E-state index in [2.05, 4.69) is 5.32 Å². The number of nitrogens with two attached hydrogens (primary N) is 1. The van der Waals surface area contributed by atoms with Crippen LogP contribution >= 0.6 is 0 Å². The summed E-state index contributed by atoms with van der Waals surface area (Å²) < 4.78 is 11.7. The van der Waals surface area contributed by atoms with E-state index >= 15 is 0 Å². The van der Waals surface area contributed by atoms with Gasteiger partial charge in [-0.3, -0.25) is 4.79 Å². The van der Waals surface area contributed by atoms with Gasteiger partial charge in [0.05, 0.1) is 0 Å². The maximum absolute atomic E-state index is 11.1. The number of fused-ring (bicyclic) bond motifs is 1. The number of amides is 1. The minimum absolute atomic E-state index is 0.443. The fourth-order valence-electron chi connectivity index (χ4n) is 2.26. The van der Waals surface area contributed by atoms with Gasteiger partial charge in [-0.15, -0.1) is 0 Å². The standard InChI is InChI=1S/C12H14N2O3/c13-11(15)8-1-2-9-10(7-8)17-12(16-9)3-5-14-6-4-12/h1-2,7,14H,3-6H2,(H2,13,15). The van der Waals surface area contributed by atoms with Gasteiger partial charge in [0.25, 0.3) is 5.79 Å². The normalized spacial score (nSPS) is 20.5. The summed E-state index contributed by atoms with van der Waals surface area (Å²) in [7, 11) is 0. The molecule has 0 bridgehead atoms. The summed E-state index contributed by atoms with van der Waals surface area (Å²) in [6.45, 7) is 1.74. The molecule has 5 heteroatoms. The zero-order valence-electron chi connectivity index (χ0n) is 9.36. The average Bonchev–Trinajstić information content (AvgIpc) is 2.66. The first-order valence-corrected chi connectivity index (χ1v) is 5.71. The minimum atomic E-state index is -0.552. The van der Waals surface area contributed by atoms with Crippen LogP contribution in [0.4, 0.5) is 0 Å². The van der Waals surface area contributed by atoms with Crippen LogP contribution in [0, 0.1) is 0 Å². The Morgan fingerprint density at radius 3 is 2.65 bits per heavy atom. The summed E-state index contributed by atoms with van der Waals surface area (Å²) >= 11 is 0. The fraction of sp³-hybridized carbons (Fsp3) is 0.417. The maximum Gasteiger partial charge on any atom is 0.254 e. The maximum atomic E-state index is 11.1. The lowest BCUT2D eigenvalue weighted by Crippen LogP contribution is -2.48. The number of hydrogen-bond donors (Lipinski definition) is 2. The molecule has 2 aliphatic heterocycles. The third-order valence-electron chi connectivity index (χ3n) is 3.19. The quantitative estimate of drug-likeness (QED) is 0.747. The van der Waals surface area contributed by atoms with E-state index in [-0.39, 0.29) is 0 Å². The van der Waals surface area contributed by atoms with Gasteiger partial charge in [-0.1, -0.05) is 0 Å². The predicted molar refractivity (Wildman–Crippen MR) is 61.1 cm³/mol. The van der Waals surface area contributed by atoms with Gasteiger partial charge in [-0.25, -0.2) is 0 Å². The van der Waals surface area contributed by atoms with Crippen molar-refractivity contribution in [3.8, 4) is 11.5 Å². The second-order valence-electron chi connectivity index (χ2n) is 4.39. The number of hydrogen-bond acceptors (Lipinski definition) is 4. The Hall–Kier alpha value is -1.75. The number of primary amides is 1. The van der Waals surface area contributed by atoms with Crippen LogP contribution in [0.5, 0.6) is 11.5 Å². The third-order valence-corrected chi connectivity index (χ3v) is 3.19. The van der Waals surface area contributed by atoms with Crippen molar-refractivity contribution in [2.24, 2.45) is 5.73 Å². The van der Waals surface area contributed by atoms with Crippen LogP contribution in [-0.4, -0.2) is 24.8 Å². The highest BCUT2D eigenvalue weighted by atomic mass is 16.7. The molecule has 90 valence electrons. The first kappa shape index (κ1) is 10.4. The van der Waals surface area contributed by atoms with Crippen molar-refractivity contribution >= 4 is 5.91 Å². The van der Waals surface area contributed by atoms with Crippen molar-refractivity contribution in [3.63, 3.8) is 0 Å². The summed E-state index contributed by atoms with van der Waals surface area (Å²) in [5, 5.41) is 3.26. The molecule has 1 saturated heterocycles. The van der Waals surface area contributed by atoms with E-state index in [0.717, 1.165) is 25.9 Å². The highest BCUT2D eigenvalue weighted by Crippen LogP contribution is 2.43. The average molecular weight is 234 g/mol. The summed E-state index contributed by atoms with van der Waals surface area (Å²) in [6, 6.07) is 5.05. The predicted octanol–water partition coefficient (Wildman–Crippen LogP) is 0.636. The van der Waals surface area contributed by atoms with Gasteiger partial charge < -0.3 is 20.5 Å². The second kappa shape index (κ2) is 3.63. The van der Waals surface area contributed by atoms with E-state index < -0.39 is 11.7 Å². The van der Waals surface area contributed by atoms with Crippen molar-refractivity contribution in [3.05, 3.63) is 23.8 Å². The monoisotopic (exact) mass is 234 g/mol. The molecule has 0 unspecified atom stereocenters. The smallest absolute Gasteiger partial charge is 0.254 e. The molecule has 0 radical (unpaired) electrons. The van der Waals surface area contributed by atoms with Gasteiger partial charge in [-0.2, -0.15) is 0 Å². The topological polar surface area (TPSA) is 73.6 Å². The van der Waals surface area contributed by atoms with Gasteiger partial charge in [-0.05, 0) is 18.2 Å². The van der Waals surface area contributed by atoms with Crippen LogP contribution in [0.25, 0.3) is 0 Å². The number of ether oxygens (including phenoxy) is 2. The molecule has 2 aliphatic rings. The minimum Gasteiger partial charge on any atom is -0.448 e. The van der Waals surface area contributed by atoms with Crippen molar-refractivity contribution < 1.29 is 14.3 Å². The molecule has 3 N–H and O–H groups in total. The Balaban J connectivity index is 1.89. The molecule has 1 aromatic rings. The second-order valence-corrected chi connectivity index (χ2v) is 4.39. The van der Waals surface area contributed by atoms with Crippen molar-refractivity contribution in [1.29, 1.82) is 0 Å². The van der Waals surface area contributed by atoms with Crippen LogP contribution in [0.2, 0.25) is 0 Å². The molecule has 1 amide bonds. The molecular weight excluding hydrogens is 220 g/mol. The summed E-state index contributed by atoms with van der Waals surface area (Å²) in [4.78, 5) is 11.1. The van der Waals surface area contributed by atoms with E-state index in [0.29, 0.717) is 17.1 Å². The van der Waals surface area contributed by atoms with Crippen LogP contribution in [-0.2, 0) is 0 Å². The molecule has 1 fully saturated rings. The van der Waals surface area contributed by atoms with E-state index in [1.54, 1.807) is 18.2 Å². The molecule has 3 rings (SSSR count). The SMILES string of the molecule is NC(=O)c1ccc2c(c1)OC1(CCNCC1)O2. The Morgan fingerprint density at radius 1 is 1.24 bits per heavy atom. The van der Waals surface area contributed by atoms with Crippen molar-refractivity contribution in [2.45, 2.75) is 18.6 Å². The molecule has 0 saturated carbocycles. The van der Waals surface area contributed by atoms with Crippen LogP contribution in [0.3, 0.4) is 0 Å². The van der Waals surface area contributed by atoms with Crippen LogP contribution in [0.15, 0.2) is 18.2 Å². The summed E-state index contributed by atoms with van der Waals surface area (Å²) in [5.74, 6) is 0.298. The number of benzene rings is 1. The molecule has 2 heterocycles. The number of carbonyl (C=O) groups excluding carboxylic acids is 1. The number of piperidine rings is 1. The van der Waals surface area contributed by atoms with Crippen LogP contribution in [0.1, 0.15) is 23.2 Å². The largest absolute Gasteiger partial charge is 0.448 e. The zero-order chi connectivity index (χ0) is 11.9. The van der Waals surface area contributed by atoms with E-state index in [1.165, 1.54) is 0 Å². The van der Waals surface area contributed by atoms with E-state index in [9.17, 15) is 4.79 Å². The Bertz CT molecular complexity index is 467. The van der Waals surface area contributed by atoms with Gasteiger partial charge in [0, 0.05) is 31.5 Å². The molecular formula is C12H14N2O3. The summed E-state index contributed by atoms with van der Waals surface area (Å²) in [6.07, 6.45) is 1.60. The third kappa shape index (κ3) is 1.72. The lowest BCUT2D eigenvalue weighted by Gasteiger charge is -2.31. The summed E-state index contributed by atoms with van der Waals surface area (Å²) in [5.41, 5.74) is 5.68. The highest BCUT2D eigenvalue weighted by molar-refractivity contribution is 5.93.